The number of esters is 2. The van der Waals surface area contributed by atoms with E-state index in [1.54, 1.807) is 76.2 Å². The molecular weight excluding hydrogens is 1070 g/mol. The monoisotopic (exact) mass is 1150 g/mol. The van der Waals surface area contributed by atoms with Crippen LogP contribution >= 0.6 is 0 Å². The van der Waals surface area contributed by atoms with Crippen molar-refractivity contribution in [1.29, 1.82) is 0 Å². The summed E-state index contributed by atoms with van der Waals surface area (Å²) in [5.74, 6) is -5.06. The zero-order chi connectivity index (χ0) is 60.5. The number of unbranched alkanes of at least 4 members (excludes halogenated alkanes) is 1. The molecule has 0 bridgehead atoms. The van der Waals surface area contributed by atoms with Gasteiger partial charge in [-0.2, -0.15) is 9.97 Å². The second-order valence-corrected chi connectivity index (χ2v) is 18.7. The molecule has 2 heterocycles. The Labute approximate surface area is 477 Å². The number of nitrogens with two attached hydrogens (primary N) is 1. The number of ether oxygens (including phenoxy) is 6. The molecule has 4 rings (SSSR count). The van der Waals surface area contributed by atoms with Crippen LogP contribution in [0.25, 0.3) is 17.2 Å². The Bertz CT molecular complexity index is 2830. The first-order valence-electron chi connectivity index (χ1n) is 27.9. The number of rotatable bonds is 39. The van der Waals surface area contributed by atoms with Crippen LogP contribution in [0.3, 0.4) is 0 Å². The van der Waals surface area contributed by atoms with E-state index in [4.69, 9.17) is 35.6 Å². The lowest BCUT2D eigenvalue weighted by molar-refractivity contribution is -0.149. The number of carbonyl (C=O) groups is 8. The van der Waals surface area contributed by atoms with Crippen LogP contribution in [-0.4, -0.2) is 158 Å². The summed E-state index contributed by atoms with van der Waals surface area (Å²) in [6.07, 6.45) is 5.20. The second-order valence-electron chi connectivity index (χ2n) is 18.7. The molecule has 448 valence electrons. The van der Waals surface area contributed by atoms with Crippen LogP contribution in [0, 0.1) is 5.92 Å². The highest BCUT2D eigenvalue weighted by Gasteiger charge is 2.30. The molecule has 26 heteroatoms. The quantitative estimate of drug-likeness (QED) is 0.0181. The normalized spacial score (nSPS) is 12.0. The second kappa shape index (κ2) is 36.9. The molecule has 26 nitrogen and oxygen atoms in total. The molecule has 0 radical (unpaired) electrons. The molecule has 2 aromatic carbocycles. The van der Waals surface area contributed by atoms with Crippen molar-refractivity contribution >= 4 is 76.1 Å². The van der Waals surface area contributed by atoms with Crippen molar-refractivity contribution in [2.75, 3.05) is 90.1 Å². The van der Waals surface area contributed by atoms with Crippen LogP contribution in [0.2, 0.25) is 1.41 Å². The smallest absolute Gasteiger partial charge is 0.328 e. The van der Waals surface area contributed by atoms with Gasteiger partial charge in [0.25, 0.3) is 5.91 Å². The van der Waals surface area contributed by atoms with Gasteiger partial charge in [-0.05, 0) is 86.9 Å². The number of fused-ring (bicyclic) bond motifs is 1. The summed E-state index contributed by atoms with van der Waals surface area (Å²) in [5, 5.41) is 13.7. The molecular formula is C56H79N11O15. The van der Waals surface area contributed by atoms with E-state index in [9.17, 15) is 43.2 Å². The number of nitrogen functional groups attached to an aromatic ring is 1. The summed E-state index contributed by atoms with van der Waals surface area (Å²) < 4.78 is 42.1. The third-order valence-corrected chi connectivity index (χ3v) is 11.8. The van der Waals surface area contributed by atoms with Crippen molar-refractivity contribution in [3.05, 3.63) is 81.8 Å². The Hall–Kier alpha value is -8.23. The van der Waals surface area contributed by atoms with Crippen molar-refractivity contribution in [3.63, 3.8) is 0 Å². The molecule has 0 aliphatic rings. The summed E-state index contributed by atoms with van der Waals surface area (Å²) in [6, 6.07) is 11.0. The number of aromatic amines is 1. The summed E-state index contributed by atoms with van der Waals surface area (Å²) in [5.41, 5.74) is 8.64. The highest BCUT2D eigenvalue weighted by Crippen LogP contribution is 2.19. The van der Waals surface area contributed by atoms with E-state index in [0.717, 1.165) is 18.4 Å². The summed E-state index contributed by atoms with van der Waals surface area (Å²) in [4.78, 5) is 125. The number of nitrogens with one attached hydrogen (secondary N) is 7. The van der Waals surface area contributed by atoms with Gasteiger partial charge in [-0.15, -0.1) is 0 Å². The van der Waals surface area contributed by atoms with E-state index >= 15 is 0 Å². The predicted octanol–water partition coefficient (Wildman–Crippen LogP) is 2.69. The van der Waals surface area contributed by atoms with Gasteiger partial charge in [-0.25, -0.2) is 9.59 Å². The topological polar surface area (TPSA) is 354 Å². The minimum atomic E-state index is -1.34. The van der Waals surface area contributed by atoms with E-state index in [1.165, 1.54) is 16.7 Å². The van der Waals surface area contributed by atoms with Crippen LogP contribution in [0.4, 0.5) is 11.5 Å². The maximum atomic E-state index is 13.2. The standard InChI is InChI=1S/C56H79N11O15/c1-6-9-30-82-55-65-50(57)49-51(66-55)67(56(76)64-49)36-39-12-17-40(18-13-39)52(73)59-27-11-29-78-32-34-79-33-31-77-28-10-26-58-43(68)23-24-45(70)61-41-19-14-38(15-20-41)16-22-44(69)60-35-46(71)63-48(37(4)5)53(74)62-42(54(75)81-8-3)21-25-47(72)80-7-2/h12-20,22,37,42,48H,6-11,21,23-36H2,1-5H3,(H,58,68)(H,59,73)(H,60,69)(H,61,70)(H,62,74)(H,63,71)(H,64,76)(H2,57,65,66)/b22-16+/t42-,48-/m0/s1/i/hD. The van der Waals surface area contributed by atoms with Crippen LogP contribution in [-0.2, 0) is 63.8 Å². The van der Waals surface area contributed by atoms with Gasteiger partial charge in [0.1, 0.15) is 17.6 Å². The molecule has 0 aliphatic carbocycles. The van der Waals surface area contributed by atoms with Crippen LogP contribution in [0.15, 0.2) is 59.4 Å². The number of aromatic nitrogens is 4. The lowest BCUT2D eigenvalue weighted by Gasteiger charge is -2.24. The number of nitrogens with zero attached hydrogens (tertiary/aromatic N) is 3. The molecule has 6 amide bonds. The molecule has 9 N–H and O–H groups in total. The molecule has 4 aromatic rings. The average Bonchev–Trinajstić information content (AvgIpc) is 3.05. The van der Waals surface area contributed by atoms with E-state index in [0.29, 0.717) is 105 Å². The fourth-order valence-corrected chi connectivity index (χ4v) is 7.48. The average molecular weight is 1150 g/mol. The van der Waals surface area contributed by atoms with Gasteiger partial charge in [0.05, 0.1) is 59.3 Å². The molecule has 82 heavy (non-hydrogen) atoms. The number of imidazole rings is 1. The van der Waals surface area contributed by atoms with E-state index in [-0.39, 0.29) is 75.0 Å². The highest BCUT2D eigenvalue weighted by molar-refractivity contribution is 5.97. The summed E-state index contributed by atoms with van der Waals surface area (Å²) in [6.45, 7) is 11.7. The van der Waals surface area contributed by atoms with Gasteiger partial charge < -0.3 is 71.0 Å². The molecule has 2 aromatic heterocycles. The van der Waals surface area contributed by atoms with Crippen molar-refractivity contribution in [2.45, 2.75) is 105 Å². The van der Waals surface area contributed by atoms with Gasteiger partial charge in [0.2, 0.25) is 29.5 Å². The van der Waals surface area contributed by atoms with E-state index in [2.05, 4.69) is 41.5 Å². The summed E-state index contributed by atoms with van der Waals surface area (Å²) >= 11 is 0. The van der Waals surface area contributed by atoms with Crippen LogP contribution < -0.4 is 48.1 Å². The van der Waals surface area contributed by atoms with Crippen molar-refractivity contribution in [1.82, 2.24) is 46.1 Å². The third kappa shape index (κ3) is 24.6. The highest BCUT2D eigenvalue weighted by atomic mass is 16.5. The van der Waals surface area contributed by atoms with Crippen LogP contribution in [0.5, 0.6) is 6.01 Å². The largest absolute Gasteiger partial charge is 0.466 e. The lowest BCUT2D eigenvalue weighted by Crippen LogP contribution is -2.55. The zero-order valence-corrected chi connectivity index (χ0v) is 47.3. The maximum Gasteiger partial charge on any atom is 0.328 e. The first-order valence-corrected chi connectivity index (χ1v) is 27.5. The molecule has 0 aliphatic heterocycles. The van der Waals surface area contributed by atoms with Crippen molar-refractivity contribution in [3.8, 4) is 6.01 Å². The summed E-state index contributed by atoms with van der Waals surface area (Å²) in [7, 11) is 0. The van der Waals surface area contributed by atoms with Gasteiger partial charge >= 0.3 is 23.6 Å². The fraction of sp³-hybridized carbons (Fsp3) is 0.518. The van der Waals surface area contributed by atoms with Gasteiger partial charge in [-0.1, -0.05) is 51.5 Å². The minimum Gasteiger partial charge on any atom is -0.466 e. The van der Waals surface area contributed by atoms with Gasteiger partial charge in [0, 0.05) is 62.9 Å². The van der Waals surface area contributed by atoms with Crippen LogP contribution in [0.1, 0.15) is 107 Å². The Kier molecular flexibility index (Phi) is 29.1. The Morgan fingerprint density at radius 3 is 2.04 bits per heavy atom. The molecule has 0 spiro atoms. The lowest BCUT2D eigenvalue weighted by atomic mass is 10.0. The number of hydrogen-bond donors (Lipinski definition) is 8. The van der Waals surface area contributed by atoms with Crippen molar-refractivity contribution in [2.24, 2.45) is 5.92 Å². The van der Waals surface area contributed by atoms with Gasteiger partial charge in [-0.3, -0.25) is 38.1 Å². The zero-order valence-electron chi connectivity index (χ0n) is 48.3. The predicted molar refractivity (Wildman–Crippen MR) is 303 cm³/mol. The maximum absolute atomic E-state index is 13.2. The Balaban J connectivity index is 0.990. The number of anilines is 2. The molecule has 0 unspecified atom stereocenters. The fourth-order valence-electron chi connectivity index (χ4n) is 7.48. The first kappa shape index (κ1) is 64.6. The SMILES string of the molecule is [2H]N(C(=O)CNC(=O)/C=C/c1ccc(NC(=O)CCC(=O)NCCCOCCOCCOCCCNC(=O)c2ccc(Cn3c(=O)[nH]c4c(N)nc(OCCCC)nc43)cc2)cc1)[C@H](C(=O)N[C@@H](CCC(=O)OCC)C(=O)OCC)C(C)C. The molecule has 0 fully saturated rings. The van der Waals surface area contributed by atoms with E-state index in [1.807, 2.05) is 6.92 Å². The first-order chi connectivity index (χ1) is 39.9. The Morgan fingerprint density at radius 2 is 1.39 bits per heavy atom. The number of amides is 6. The number of H-pyrrole nitrogens is 1. The number of benzene rings is 2. The Morgan fingerprint density at radius 1 is 0.744 bits per heavy atom. The van der Waals surface area contributed by atoms with E-state index < -0.39 is 59.9 Å². The number of carbonyl (C=O) groups excluding carboxylic acids is 8. The third-order valence-electron chi connectivity index (χ3n) is 11.8. The molecule has 0 saturated heterocycles. The minimum absolute atomic E-state index is 0.0202. The number of hydrogen-bond acceptors (Lipinski definition) is 18. The van der Waals surface area contributed by atoms with Gasteiger partial charge in [0.15, 0.2) is 12.9 Å². The van der Waals surface area contributed by atoms with Crippen molar-refractivity contribution < 1.29 is 68.2 Å². The molecule has 0 saturated carbocycles. The molecule has 2 atom stereocenters.